The minimum atomic E-state index is -0.265. The zero-order valence-electron chi connectivity index (χ0n) is 10.4. The quantitative estimate of drug-likeness (QED) is 0.326. The van der Waals surface area contributed by atoms with Crippen LogP contribution in [-0.2, 0) is 4.74 Å². The Kier molecular flexibility index (Phi) is 4.56. The Hall–Kier alpha value is -0.810. The summed E-state index contributed by atoms with van der Waals surface area (Å²) in [5.41, 5.74) is 5.88. The number of ether oxygens (including phenoxy) is 1. The van der Waals surface area contributed by atoms with Gasteiger partial charge in [-0.15, -0.1) is 0 Å². The van der Waals surface area contributed by atoms with Gasteiger partial charge in [-0.05, 0) is 18.4 Å². The van der Waals surface area contributed by atoms with Crippen molar-refractivity contribution in [1.82, 2.24) is 4.90 Å². The van der Waals surface area contributed by atoms with Gasteiger partial charge in [-0.1, -0.05) is 25.9 Å². The summed E-state index contributed by atoms with van der Waals surface area (Å²) in [6.45, 7) is 10.0. The maximum absolute atomic E-state index is 8.60. The SMILES string of the molecule is CC(C)(C)CCN1CCOC(C(N)=NO)C1. The molecule has 0 amide bonds. The van der Waals surface area contributed by atoms with Crippen LogP contribution in [0.25, 0.3) is 0 Å². The smallest absolute Gasteiger partial charge is 0.169 e. The largest absolute Gasteiger partial charge is 0.409 e. The standard InChI is InChI=1S/C11H23N3O2/c1-11(2,3)4-5-14-6-7-16-9(8-14)10(12)13-15/h9,15H,4-8H2,1-3H3,(H2,12,13). The molecule has 1 rings (SSSR count). The van der Waals surface area contributed by atoms with E-state index in [0.717, 1.165) is 19.5 Å². The van der Waals surface area contributed by atoms with Crippen LogP contribution in [0.4, 0.5) is 0 Å². The van der Waals surface area contributed by atoms with Gasteiger partial charge < -0.3 is 15.7 Å². The molecule has 0 bridgehead atoms. The molecule has 3 N–H and O–H groups in total. The molecule has 0 radical (unpaired) electrons. The van der Waals surface area contributed by atoms with E-state index in [-0.39, 0.29) is 11.9 Å². The van der Waals surface area contributed by atoms with Crippen molar-refractivity contribution in [3.63, 3.8) is 0 Å². The van der Waals surface area contributed by atoms with Crippen molar-refractivity contribution in [3.05, 3.63) is 0 Å². The zero-order valence-corrected chi connectivity index (χ0v) is 10.4. The number of nitrogens with zero attached hydrogens (tertiary/aromatic N) is 2. The highest BCUT2D eigenvalue weighted by Crippen LogP contribution is 2.19. The maximum Gasteiger partial charge on any atom is 0.169 e. The van der Waals surface area contributed by atoms with Crippen LogP contribution in [0.15, 0.2) is 5.16 Å². The Morgan fingerprint density at radius 2 is 2.25 bits per heavy atom. The molecule has 0 aliphatic carbocycles. The Bertz CT molecular complexity index is 248. The molecule has 1 fully saturated rings. The number of oxime groups is 1. The molecule has 1 atom stereocenters. The van der Waals surface area contributed by atoms with Gasteiger partial charge in [0.1, 0.15) is 6.10 Å². The summed E-state index contributed by atoms with van der Waals surface area (Å²) in [5.74, 6) is 0.167. The average Bonchev–Trinajstić information content (AvgIpc) is 2.25. The number of amidine groups is 1. The monoisotopic (exact) mass is 229 g/mol. The third-order valence-corrected chi connectivity index (χ3v) is 2.77. The van der Waals surface area contributed by atoms with Gasteiger partial charge in [-0.25, -0.2) is 0 Å². The van der Waals surface area contributed by atoms with Gasteiger partial charge in [0.2, 0.25) is 0 Å². The van der Waals surface area contributed by atoms with Gasteiger partial charge in [-0.2, -0.15) is 0 Å². The van der Waals surface area contributed by atoms with Crippen LogP contribution in [0.1, 0.15) is 27.2 Å². The predicted octanol–water partition coefficient (Wildman–Crippen LogP) is 0.870. The highest BCUT2D eigenvalue weighted by Gasteiger charge is 2.24. The minimum Gasteiger partial charge on any atom is -0.409 e. The van der Waals surface area contributed by atoms with Gasteiger partial charge >= 0.3 is 0 Å². The first-order valence-electron chi connectivity index (χ1n) is 5.74. The Morgan fingerprint density at radius 3 is 2.81 bits per heavy atom. The second kappa shape index (κ2) is 5.50. The topological polar surface area (TPSA) is 71.1 Å². The molecule has 1 saturated heterocycles. The summed E-state index contributed by atoms with van der Waals surface area (Å²) < 4.78 is 5.44. The fourth-order valence-corrected chi connectivity index (χ4v) is 1.64. The van der Waals surface area contributed by atoms with Crippen LogP contribution in [0.2, 0.25) is 0 Å². The van der Waals surface area contributed by atoms with Crippen LogP contribution < -0.4 is 5.73 Å². The van der Waals surface area contributed by atoms with E-state index >= 15 is 0 Å². The molecule has 1 heterocycles. The first kappa shape index (κ1) is 13.3. The normalized spacial score (nSPS) is 24.7. The highest BCUT2D eigenvalue weighted by molar-refractivity contribution is 5.84. The number of hydrogen-bond acceptors (Lipinski definition) is 4. The van der Waals surface area contributed by atoms with Crippen molar-refractivity contribution >= 4 is 5.84 Å². The van der Waals surface area contributed by atoms with E-state index in [1.165, 1.54) is 0 Å². The number of nitrogens with two attached hydrogens (primary N) is 1. The predicted molar refractivity (Wildman–Crippen MR) is 63.7 cm³/mol. The lowest BCUT2D eigenvalue weighted by molar-refractivity contribution is 0.00133. The van der Waals surface area contributed by atoms with Gasteiger partial charge in [-0.3, -0.25) is 4.90 Å². The minimum absolute atomic E-state index is 0.167. The molecule has 5 nitrogen and oxygen atoms in total. The van der Waals surface area contributed by atoms with Crippen LogP contribution in [-0.4, -0.2) is 48.3 Å². The van der Waals surface area contributed by atoms with Crippen molar-refractivity contribution in [2.24, 2.45) is 16.3 Å². The average molecular weight is 229 g/mol. The molecule has 1 aliphatic heterocycles. The number of hydrogen-bond donors (Lipinski definition) is 2. The highest BCUT2D eigenvalue weighted by atomic mass is 16.5. The molecule has 0 spiro atoms. The molecule has 1 unspecified atom stereocenters. The van der Waals surface area contributed by atoms with E-state index in [1.54, 1.807) is 0 Å². The number of morpholine rings is 1. The van der Waals surface area contributed by atoms with Crippen molar-refractivity contribution in [1.29, 1.82) is 0 Å². The Balaban J connectivity index is 2.39. The molecule has 0 aromatic carbocycles. The second-order valence-electron chi connectivity index (χ2n) is 5.50. The molecule has 0 aromatic rings. The van der Waals surface area contributed by atoms with Crippen LogP contribution in [0.5, 0.6) is 0 Å². The number of rotatable bonds is 3. The third-order valence-electron chi connectivity index (χ3n) is 2.77. The van der Waals surface area contributed by atoms with E-state index in [4.69, 9.17) is 15.7 Å². The molecule has 5 heteroatoms. The molecular weight excluding hydrogens is 206 g/mol. The third kappa shape index (κ3) is 4.37. The lowest BCUT2D eigenvalue weighted by Crippen LogP contribution is -2.49. The maximum atomic E-state index is 8.60. The molecule has 1 aliphatic rings. The fourth-order valence-electron chi connectivity index (χ4n) is 1.64. The Labute approximate surface area is 97.2 Å². The van der Waals surface area contributed by atoms with Crippen LogP contribution in [0, 0.1) is 5.41 Å². The molecular formula is C11H23N3O2. The van der Waals surface area contributed by atoms with E-state index < -0.39 is 0 Å². The summed E-state index contributed by atoms with van der Waals surface area (Å²) in [6, 6.07) is 0. The van der Waals surface area contributed by atoms with E-state index in [1.807, 2.05) is 0 Å². The van der Waals surface area contributed by atoms with Crippen molar-refractivity contribution in [3.8, 4) is 0 Å². The van der Waals surface area contributed by atoms with Gasteiger partial charge in [0.25, 0.3) is 0 Å². The summed E-state index contributed by atoms with van der Waals surface area (Å²) in [5, 5.41) is 11.6. The van der Waals surface area contributed by atoms with E-state index in [0.29, 0.717) is 18.6 Å². The summed E-state index contributed by atoms with van der Waals surface area (Å²) >= 11 is 0. The van der Waals surface area contributed by atoms with Gasteiger partial charge in [0.05, 0.1) is 6.61 Å². The summed E-state index contributed by atoms with van der Waals surface area (Å²) in [7, 11) is 0. The van der Waals surface area contributed by atoms with Gasteiger partial charge in [0.15, 0.2) is 5.84 Å². The van der Waals surface area contributed by atoms with Crippen molar-refractivity contribution in [2.75, 3.05) is 26.2 Å². The van der Waals surface area contributed by atoms with E-state index in [9.17, 15) is 0 Å². The van der Waals surface area contributed by atoms with Crippen LogP contribution >= 0.6 is 0 Å². The molecule has 0 saturated carbocycles. The Morgan fingerprint density at radius 1 is 1.56 bits per heavy atom. The first-order chi connectivity index (χ1) is 7.42. The van der Waals surface area contributed by atoms with Crippen molar-refractivity contribution < 1.29 is 9.94 Å². The summed E-state index contributed by atoms with van der Waals surface area (Å²) in [6.07, 6.45) is 0.870. The first-order valence-corrected chi connectivity index (χ1v) is 5.74. The van der Waals surface area contributed by atoms with Crippen molar-refractivity contribution in [2.45, 2.75) is 33.3 Å². The summed E-state index contributed by atoms with van der Waals surface area (Å²) in [4.78, 5) is 2.30. The van der Waals surface area contributed by atoms with Gasteiger partial charge in [0, 0.05) is 13.1 Å². The van der Waals surface area contributed by atoms with E-state index in [2.05, 4.69) is 30.8 Å². The van der Waals surface area contributed by atoms with Crippen LogP contribution in [0.3, 0.4) is 0 Å². The molecule has 0 aromatic heterocycles. The second-order valence-corrected chi connectivity index (χ2v) is 5.50. The molecule has 94 valence electrons. The zero-order chi connectivity index (χ0) is 12.2. The lowest BCUT2D eigenvalue weighted by atomic mass is 9.92. The fraction of sp³-hybridized carbons (Fsp3) is 0.909. The molecule has 16 heavy (non-hydrogen) atoms. The lowest BCUT2D eigenvalue weighted by Gasteiger charge is -2.33.